The zero-order valence-corrected chi connectivity index (χ0v) is 79.3. The van der Waals surface area contributed by atoms with Crippen LogP contribution in [0.1, 0.15) is 5.56 Å². The molecule has 0 aliphatic rings. The molecule has 9 aromatic heterocycles. The minimum absolute atomic E-state index is 0.532. The van der Waals surface area contributed by atoms with Crippen molar-refractivity contribution < 1.29 is 0 Å². The van der Waals surface area contributed by atoms with Gasteiger partial charge < -0.3 is 13.7 Å². The van der Waals surface area contributed by atoms with Crippen molar-refractivity contribution in [2.24, 2.45) is 0 Å². The fourth-order valence-electron chi connectivity index (χ4n) is 21.4. The molecule has 0 saturated heterocycles. The van der Waals surface area contributed by atoms with Gasteiger partial charge in [-0.05, 0) is 175 Å². The first-order valence-corrected chi connectivity index (χ1v) is 49.2. The summed E-state index contributed by atoms with van der Waals surface area (Å²) in [5.41, 5.74) is 27.4. The zero-order valence-electron chi connectivity index (χ0n) is 79.3. The summed E-state index contributed by atoms with van der Waals surface area (Å²) in [6, 6.07) is 182. The van der Waals surface area contributed by atoms with Crippen LogP contribution < -0.4 is 4.90 Å². The first kappa shape index (κ1) is 85.8. The average Bonchev–Trinajstić information content (AvgIpc) is 1.58. The lowest BCUT2D eigenvalue weighted by molar-refractivity contribution is 0.953. The minimum atomic E-state index is 0.532. The molecule has 0 spiro atoms. The molecule has 688 valence electrons. The number of para-hydroxylation sites is 11. The summed E-state index contributed by atoms with van der Waals surface area (Å²) < 4.78 is 13.8. The molecule has 0 aliphatic heterocycles. The second-order valence-corrected chi connectivity index (χ2v) is 36.6. The Labute approximate surface area is 844 Å². The molecule has 29 aromatic rings. The molecule has 0 atom stereocenters. The third-order valence-electron chi connectivity index (χ3n) is 28.1. The standard InChI is InChI=1S/C46H31N5.C46H30N4.C40H24N6/c1-4-16-32(17-5-1)46-47-44(49(33-18-6-2-7-19-33)34-20-8-3-9-21-34)31-45(48-46)51-42-27-15-12-24-38(42)39-30-35(28-29-43(39)51)50-40-25-13-10-22-36(40)37-23-11-14-26-41(37)50;1-4-14-31(15-5-1)40-30-45(48-46(47-40)32-16-6-2-7-17-32)50-42-23-13-11-21-37(42)39-28-33(25-27-43(39)50)34-24-26-38-36-20-10-12-22-41(36)49(44(38)29-34)35-18-8-3-9-19-35;41-25-26-18-20-28(21-19-26)39-42-38(27-10-2-1-3-11-27)43-40(44-39)46-36-17-9-6-14-32(36)33-24-29(22-23-37(33)46)45-34-15-7-4-12-30(34)31-13-5-8-16-35(31)45/h1-31H;1-30H;1-24H. The van der Waals surface area contributed by atoms with Crippen LogP contribution >= 0.6 is 0 Å². The van der Waals surface area contributed by atoms with Gasteiger partial charge in [-0.15, -0.1) is 0 Å². The van der Waals surface area contributed by atoms with E-state index in [0.29, 0.717) is 34.8 Å². The van der Waals surface area contributed by atoms with Gasteiger partial charge in [-0.3, -0.25) is 18.6 Å². The Morgan fingerprint density at radius 3 is 0.898 bits per heavy atom. The number of nitriles is 1. The van der Waals surface area contributed by atoms with E-state index in [9.17, 15) is 5.26 Å². The van der Waals surface area contributed by atoms with E-state index in [1.807, 2.05) is 103 Å². The van der Waals surface area contributed by atoms with Crippen molar-refractivity contribution in [3.05, 3.63) is 521 Å². The summed E-state index contributed by atoms with van der Waals surface area (Å²) in [4.78, 5) is 37.9. The Balaban J connectivity index is 0.000000109. The third-order valence-corrected chi connectivity index (χ3v) is 28.1. The van der Waals surface area contributed by atoms with Gasteiger partial charge in [-0.25, -0.2) is 24.9 Å². The number of aromatic nitrogens is 13. The second-order valence-electron chi connectivity index (χ2n) is 36.6. The number of anilines is 3. The number of fused-ring (bicyclic) bond motifs is 18. The number of hydrogen-bond acceptors (Lipinski definition) is 9. The zero-order chi connectivity index (χ0) is 97.4. The monoisotopic (exact) mass is 1880 g/mol. The van der Waals surface area contributed by atoms with Crippen molar-refractivity contribution in [3.63, 3.8) is 0 Å². The lowest BCUT2D eigenvalue weighted by atomic mass is 10.0. The van der Waals surface area contributed by atoms with Crippen LogP contribution in [0.5, 0.6) is 0 Å². The van der Waals surface area contributed by atoms with Crippen LogP contribution in [-0.4, -0.2) is 62.3 Å². The molecule has 0 fully saturated rings. The summed E-state index contributed by atoms with van der Waals surface area (Å²) in [5.74, 6) is 5.43. The highest BCUT2D eigenvalue weighted by Gasteiger charge is 2.27. The van der Waals surface area contributed by atoms with E-state index < -0.39 is 0 Å². The number of hydrogen-bond donors (Lipinski definition) is 0. The van der Waals surface area contributed by atoms with E-state index in [0.717, 1.165) is 129 Å². The van der Waals surface area contributed by atoms with Gasteiger partial charge in [0.15, 0.2) is 23.3 Å². The molecule has 20 aromatic carbocycles. The van der Waals surface area contributed by atoms with Crippen molar-refractivity contribution in [3.8, 4) is 109 Å². The number of nitrogens with zero attached hydrogens (tertiary/aromatic N) is 15. The predicted octanol–water partition coefficient (Wildman–Crippen LogP) is 32.8. The molecule has 9 heterocycles. The first-order chi connectivity index (χ1) is 72.9. The minimum Gasteiger partial charge on any atom is -0.309 e. The topological polar surface area (TPSA) is 147 Å². The van der Waals surface area contributed by atoms with Gasteiger partial charge in [0.25, 0.3) is 0 Å². The molecule has 0 unspecified atom stereocenters. The SMILES string of the molecule is N#Cc1ccc(-c2nc(-c3ccccc3)nc(-n3c4ccccc4c4cc(-n5c6ccccc6c6ccccc65)ccc43)n2)cc1.c1ccc(-c2cc(-n3c4ccccc4c4cc(-c5ccc6c7ccccc7n(-c7ccccc7)c6c5)ccc43)nc(-c3ccccc3)n2)cc1.c1ccc(-c2nc(N(c3ccccc3)c3ccccc3)cc(-n3c4ccccc4c4cc(-n5c6ccccc6c6ccccc65)ccc43)n2)cc1. The maximum Gasteiger partial charge on any atom is 0.238 e. The van der Waals surface area contributed by atoms with E-state index in [1.165, 1.54) is 92.7 Å². The highest BCUT2D eigenvalue weighted by molar-refractivity contribution is 6.17. The lowest BCUT2D eigenvalue weighted by Crippen LogP contribution is -2.13. The number of benzene rings is 20. The Hall–Kier alpha value is -20.3. The molecular formula is C132H85N15. The molecule has 15 nitrogen and oxygen atoms in total. The van der Waals surface area contributed by atoms with Gasteiger partial charge in [0.1, 0.15) is 17.5 Å². The second kappa shape index (κ2) is 36.4. The third kappa shape index (κ3) is 15.2. The van der Waals surface area contributed by atoms with Crippen LogP contribution in [0.2, 0.25) is 0 Å². The summed E-state index contributed by atoms with van der Waals surface area (Å²) >= 11 is 0. The number of rotatable bonds is 15. The quantitative estimate of drug-likeness (QED) is 0.0978. The Morgan fingerprint density at radius 1 is 0.177 bits per heavy atom. The average molecular weight is 1880 g/mol. The van der Waals surface area contributed by atoms with Crippen molar-refractivity contribution >= 4 is 148 Å². The van der Waals surface area contributed by atoms with Gasteiger partial charge in [-0.1, -0.05) is 340 Å². The fourth-order valence-corrected chi connectivity index (χ4v) is 21.4. The van der Waals surface area contributed by atoms with Crippen molar-refractivity contribution in [2.45, 2.75) is 0 Å². The highest BCUT2D eigenvalue weighted by Crippen LogP contribution is 2.46. The van der Waals surface area contributed by atoms with Crippen LogP contribution in [0, 0.1) is 11.3 Å². The highest BCUT2D eigenvalue weighted by atomic mass is 15.2. The van der Waals surface area contributed by atoms with Crippen LogP contribution in [-0.2, 0) is 0 Å². The Kier molecular flexibility index (Phi) is 21.2. The van der Waals surface area contributed by atoms with Crippen molar-refractivity contribution in [1.29, 1.82) is 5.26 Å². The van der Waals surface area contributed by atoms with E-state index in [-0.39, 0.29) is 0 Å². The van der Waals surface area contributed by atoms with Crippen molar-refractivity contribution in [2.75, 3.05) is 4.90 Å². The molecule has 0 aliphatic carbocycles. The molecule has 147 heavy (non-hydrogen) atoms. The van der Waals surface area contributed by atoms with E-state index in [4.69, 9.17) is 34.9 Å². The molecule has 0 amide bonds. The van der Waals surface area contributed by atoms with Gasteiger partial charge in [-0.2, -0.15) is 15.2 Å². The smallest absolute Gasteiger partial charge is 0.238 e. The Morgan fingerprint density at radius 2 is 0.469 bits per heavy atom. The molecule has 29 rings (SSSR count). The molecular weight excluding hydrogens is 1800 g/mol. The molecule has 15 heteroatoms. The molecule has 0 saturated carbocycles. The van der Waals surface area contributed by atoms with Crippen molar-refractivity contribution in [1.82, 2.24) is 62.3 Å². The van der Waals surface area contributed by atoms with Gasteiger partial charge in [0, 0.05) is 133 Å². The van der Waals surface area contributed by atoms with Crippen LogP contribution in [0.25, 0.3) is 233 Å². The first-order valence-electron chi connectivity index (χ1n) is 49.2. The van der Waals surface area contributed by atoms with Crippen LogP contribution in [0.3, 0.4) is 0 Å². The van der Waals surface area contributed by atoms with E-state index in [2.05, 4.69) is 439 Å². The summed E-state index contributed by atoms with van der Waals surface area (Å²) in [5, 5.41) is 23.7. The summed E-state index contributed by atoms with van der Waals surface area (Å²) in [7, 11) is 0. The molecule has 0 N–H and O–H groups in total. The van der Waals surface area contributed by atoms with Gasteiger partial charge >= 0.3 is 0 Å². The van der Waals surface area contributed by atoms with E-state index >= 15 is 0 Å². The van der Waals surface area contributed by atoms with Gasteiger partial charge in [0.05, 0.1) is 83.5 Å². The van der Waals surface area contributed by atoms with E-state index in [1.54, 1.807) is 12.1 Å². The molecule has 0 radical (unpaired) electrons. The van der Waals surface area contributed by atoms with Crippen LogP contribution in [0.4, 0.5) is 17.2 Å². The fraction of sp³-hybridized carbons (Fsp3) is 0. The maximum atomic E-state index is 9.35. The normalized spacial score (nSPS) is 11.5. The van der Waals surface area contributed by atoms with Gasteiger partial charge in [0.2, 0.25) is 5.95 Å². The molecule has 0 bridgehead atoms. The predicted molar refractivity (Wildman–Crippen MR) is 602 cm³/mol. The summed E-state index contributed by atoms with van der Waals surface area (Å²) in [6.07, 6.45) is 0. The maximum absolute atomic E-state index is 9.35. The van der Waals surface area contributed by atoms with Crippen LogP contribution in [0.15, 0.2) is 516 Å². The largest absolute Gasteiger partial charge is 0.309 e. The summed E-state index contributed by atoms with van der Waals surface area (Å²) in [6.45, 7) is 0. The lowest BCUT2D eigenvalue weighted by Gasteiger charge is -2.25. The Bertz CT molecular complexity index is 9990.